The number of H-pyrrole nitrogens is 1. The molecule has 1 N–H and O–H groups in total. The molecule has 0 saturated carbocycles. The number of nitrogens with one attached hydrogen (secondary N) is 1. The lowest BCUT2D eigenvalue weighted by atomic mass is 10.1. The maximum atomic E-state index is 14.1. The van der Waals surface area contributed by atoms with Crippen LogP contribution in [0, 0.1) is 5.82 Å². The molecule has 0 fully saturated rings. The van der Waals surface area contributed by atoms with Gasteiger partial charge in [-0.15, -0.1) is 0 Å². The molecule has 0 radical (unpaired) electrons. The molecular weight excluding hydrogens is 305 g/mol. The minimum Gasteiger partial charge on any atom is -0.319 e. The van der Waals surface area contributed by atoms with Crippen molar-refractivity contribution in [3.05, 3.63) is 44.6 Å². The van der Waals surface area contributed by atoms with Crippen molar-refractivity contribution in [2.24, 2.45) is 0 Å². The van der Waals surface area contributed by atoms with Crippen molar-refractivity contribution in [3.63, 3.8) is 0 Å². The summed E-state index contributed by atoms with van der Waals surface area (Å²) in [6.07, 6.45) is 0. The van der Waals surface area contributed by atoms with Gasteiger partial charge in [0.05, 0.1) is 10.9 Å². The molecule has 0 amide bonds. The summed E-state index contributed by atoms with van der Waals surface area (Å²) in [5.41, 5.74) is 0.597. The zero-order chi connectivity index (χ0) is 12.0. The molecule has 17 heavy (non-hydrogen) atoms. The van der Waals surface area contributed by atoms with Gasteiger partial charge in [-0.25, -0.2) is 4.39 Å². The summed E-state index contributed by atoms with van der Waals surface area (Å²) in [6.45, 7) is 0. The molecule has 2 aromatic heterocycles. The number of thiophene rings is 1. The summed E-state index contributed by atoms with van der Waals surface area (Å²) < 4.78 is 14.1. The first kappa shape index (κ1) is 10.9. The third-order valence-corrected chi connectivity index (χ3v) is 4.15. The highest BCUT2D eigenvalue weighted by Gasteiger charge is 2.11. The topological polar surface area (TPSA) is 32.9 Å². The van der Waals surface area contributed by atoms with Gasteiger partial charge in [0, 0.05) is 27.0 Å². The van der Waals surface area contributed by atoms with E-state index in [0.717, 1.165) is 10.8 Å². The van der Waals surface area contributed by atoms with Crippen LogP contribution in [-0.4, -0.2) is 4.98 Å². The van der Waals surface area contributed by atoms with Crippen molar-refractivity contribution in [2.75, 3.05) is 0 Å². The molecule has 5 heteroatoms. The van der Waals surface area contributed by atoms with E-state index in [1.54, 1.807) is 11.4 Å². The lowest BCUT2D eigenvalue weighted by Crippen LogP contribution is -2.06. The monoisotopic (exact) mass is 311 g/mol. The molecule has 0 atom stereocenters. The van der Waals surface area contributed by atoms with E-state index in [1.165, 1.54) is 11.3 Å². The molecule has 0 aliphatic heterocycles. The normalized spacial score (nSPS) is 11.4. The third kappa shape index (κ3) is 1.53. The molecule has 0 bridgehead atoms. The van der Waals surface area contributed by atoms with Crippen molar-refractivity contribution in [1.29, 1.82) is 0 Å². The Morgan fingerprint density at radius 2 is 2.00 bits per heavy atom. The van der Waals surface area contributed by atoms with Gasteiger partial charge in [-0.05, 0) is 5.38 Å². The summed E-state index contributed by atoms with van der Waals surface area (Å²) >= 11 is 4.67. The Balaban J connectivity index is 2.58. The highest BCUT2D eigenvalue weighted by molar-refractivity contribution is 9.08. The summed E-state index contributed by atoms with van der Waals surface area (Å²) in [5, 5.41) is 6.27. The Morgan fingerprint density at radius 1 is 1.24 bits per heavy atom. The molecule has 2 heterocycles. The average molecular weight is 312 g/mol. The molecule has 2 nitrogen and oxygen atoms in total. The van der Waals surface area contributed by atoms with Crippen molar-refractivity contribution >= 4 is 48.9 Å². The minimum absolute atomic E-state index is 0.237. The van der Waals surface area contributed by atoms with Gasteiger partial charge in [0.2, 0.25) is 0 Å². The second-order valence-corrected chi connectivity index (χ2v) is 5.05. The van der Waals surface area contributed by atoms with E-state index in [0.29, 0.717) is 16.3 Å². The van der Waals surface area contributed by atoms with Crippen LogP contribution in [-0.2, 0) is 5.33 Å². The van der Waals surface area contributed by atoms with Gasteiger partial charge >= 0.3 is 0 Å². The lowest BCUT2D eigenvalue weighted by Gasteiger charge is -2.04. The Labute approximate surface area is 108 Å². The van der Waals surface area contributed by atoms with Gasteiger partial charge in [-0.1, -0.05) is 28.1 Å². The number of aromatic amines is 1. The SMILES string of the molecule is O=c1[nH]c2c(F)c(CBr)ccc2c2cscc12. The van der Waals surface area contributed by atoms with E-state index < -0.39 is 0 Å². The van der Waals surface area contributed by atoms with E-state index in [1.807, 2.05) is 11.4 Å². The Hall–Kier alpha value is -1.20. The van der Waals surface area contributed by atoms with Gasteiger partial charge in [0.1, 0.15) is 0 Å². The van der Waals surface area contributed by atoms with Crippen LogP contribution in [0.5, 0.6) is 0 Å². The van der Waals surface area contributed by atoms with Gasteiger partial charge < -0.3 is 4.98 Å². The largest absolute Gasteiger partial charge is 0.319 e. The van der Waals surface area contributed by atoms with Gasteiger partial charge in [-0.3, -0.25) is 4.79 Å². The summed E-state index contributed by atoms with van der Waals surface area (Å²) in [4.78, 5) is 14.4. The molecule has 3 rings (SSSR count). The van der Waals surface area contributed by atoms with Crippen LogP contribution in [0.4, 0.5) is 4.39 Å². The van der Waals surface area contributed by atoms with Crippen LogP contribution in [0.2, 0.25) is 0 Å². The fourth-order valence-electron chi connectivity index (χ4n) is 1.93. The summed E-state index contributed by atoms with van der Waals surface area (Å²) in [6, 6.07) is 3.59. The van der Waals surface area contributed by atoms with Crippen molar-refractivity contribution in [1.82, 2.24) is 4.98 Å². The average Bonchev–Trinajstić information content (AvgIpc) is 2.81. The minimum atomic E-state index is -0.357. The van der Waals surface area contributed by atoms with Crippen LogP contribution in [0.25, 0.3) is 21.7 Å². The van der Waals surface area contributed by atoms with Gasteiger partial charge in [0.25, 0.3) is 5.56 Å². The van der Waals surface area contributed by atoms with Crippen molar-refractivity contribution < 1.29 is 4.39 Å². The van der Waals surface area contributed by atoms with E-state index in [4.69, 9.17) is 0 Å². The van der Waals surface area contributed by atoms with E-state index >= 15 is 0 Å². The Morgan fingerprint density at radius 3 is 2.76 bits per heavy atom. The molecule has 0 spiro atoms. The maximum Gasteiger partial charge on any atom is 0.257 e. The number of hydrogen-bond acceptors (Lipinski definition) is 2. The zero-order valence-corrected chi connectivity index (χ0v) is 11.0. The Bertz CT molecular complexity index is 777. The number of aromatic nitrogens is 1. The fourth-order valence-corrected chi connectivity index (χ4v) is 3.19. The third-order valence-electron chi connectivity index (χ3n) is 2.80. The molecule has 0 aliphatic rings. The van der Waals surface area contributed by atoms with Crippen LogP contribution in [0.3, 0.4) is 0 Å². The quantitative estimate of drug-likeness (QED) is 0.682. The van der Waals surface area contributed by atoms with Crippen molar-refractivity contribution in [2.45, 2.75) is 5.33 Å². The second-order valence-electron chi connectivity index (χ2n) is 3.75. The van der Waals surface area contributed by atoms with E-state index in [2.05, 4.69) is 20.9 Å². The van der Waals surface area contributed by atoms with Gasteiger partial charge in [-0.2, -0.15) is 11.3 Å². The number of pyridine rings is 1. The van der Waals surface area contributed by atoms with Crippen molar-refractivity contribution in [3.8, 4) is 0 Å². The van der Waals surface area contributed by atoms with Crippen LogP contribution in [0.15, 0.2) is 27.7 Å². The number of rotatable bonds is 1. The van der Waals surface area contributed by atoms with Gasteiger partial charge in [0.15, 0.2) is 5.82 Å². The number of halogens is 2. The molecule has 0 aliphatic carbocycles. The van der Waals surface area contributed by atoms with E-state index in [9.17, 15) is 9.18 Å². The first-order valence-corrected chi connectivity index (χ1v) is 7.04. The first-order chi connectivity index (χ1) is 8.22. The number of fused-ring (bicyclic) bond motifs is 3. The van der Waals surface area contributed by atoms with Crippen LogP contribution < -0.4 is 5.56 Å². The lowest BCUT2D eigenvalue weighted by molar-refractivity contribution is 0.626. The smallest absolute Gasteiger partial charge is 0.257 e. The number of benzene rings is 1. The highest BCUT2D eigenvalue weighted by atomic mass is 79.9. The second kappa shape index (κ2) is 3.92. The molecule has 86 valence electrons. The van der Waals surface area contributed by atoms with E-state index in [-0.39, 0.29) is 16.9 Å². The molecule has 0 saturated heterocycles. The summed E-state index contributed by atoms with van der Waals surface area (Å²) in [7, 11) is 0. The van der Waals surface area contributed by atoms with Crippen LogP contribution >= 0.6 is 27.3 Å². The molecular formula is C12H7BrFNOS. The number of hydrogen-bond donors (Lipinski definition) is 1. The maximum absolute atomic E-state index is 14.1. The summed E-state index contributed by atoms with van der Waals surface area (Å²) in [5.74, 6) is -0.357. The van der Waals surface area contributed by atoms with Crippen LogP contribution in [0.1, 0.15) is 5.56 Å². The highest BCUT2D eigenvalue weighted by Crippen LogP contribution is 2.27. The standard InChI is InChI=1S/C12H7BrFNOS/c13-3-6-1-2-7-8-4-17-5-9(8)12(16)15-11(7)10(6)14/h1-2,4-5H,3H2,(H,15,16). The first-order valence-electron chi connectivity index (χ1n) is 4.97. The predicted molar refractivity (Wildman–Crippen MR) is 72.5 cm³/mol. The fraction of sp³-hybridized carbons (Fsp3) is 0.0833. The molecule has 1 aromatic carbocycles. The molecule has 3 aromatic rings. The molecule has 0 unspecified atom stereocenters. The number of alkyl halides is 1. The zero-order valence-electron chi connectivity index (χ0n) is 8.59. The Kier molecular flexibility index (Phi) is 2.52. The predicted octanol–water partition coefficient (Wildman–Crippen LogP) is 3.78.